The van der Waals surface area contributed by atoms with E-state index >= 15 is 0 Å². The molecule has 4 aromatic rings. The lowest BCUT2D eigenvalue weighted by molar-refractivity contribution is -0.107. The van der Waals surface area contributed by atoms with Gasteiger partial charge in [0.05, 0.1) is 36.1 Å². The molecule has 192 valence electrons. The minimum atomic E-state index is -1.20. The summed E-state index contributed by atoms with van der Waals surface area (Å²) >= 11 is 0. The topological polar surface area (TPSA) is 107 Å². The highest BCUT2D eigenvalue weighted by molar-refractivity contribution is 6.00. The van der Waals surface area contributed by atoms with Crippen molar-refractivity contribution in [3.63, 3.8) is 0 Å². The number of fused-ring (bicyclic) bond motifs is 7. The molecule has 3 aromatic carbocycles. The molecular formula is C29H24N2O7. The van der Waals surface area contributed by atoms with Crippen LogP contribution in [-0.2, 0) is 15.9 Å². The molecule has 0 amide bonds. The van der Waals surface area contributed by atoms with Crippen LogP contribution in [0.2, 0.25) is 0 Å². The molecule has 4 heterocycles. The Kier molecular flexibility index (Phi) is 4.68. The average molecular weight is 513 g/mol. The smallest absolute Gasteiger partial charge is 0.231 e. The summed E-state index contributed by atoms with van der Waals surface area (Å²) in [5.74, 6) is 1.52. The first-order valence-electron chi connectivity index (χ1n) is 12.3. The lowest BCUT2D eigenvalue weighted by Gasteiger charge is -2.26. The fourth-order valence-corrected chi connectivity index (χ4v) is 6.21. The van der Waals surface area contributed by atoms with Crippen LogP contribution in [0.1, 0.15) is 30.9 Å². The third-order valence-electron chi connectivity index (χ3n) is 8.00. The Hall–Kier alpha value is -4.39. The number of benzene rings is 3. The van der Waals surface area contributed by atoms with Crippen LogP contribution in [0.25, 0.3) is 21.3 Å². The van der Waals surface area contributed by atoms with Crippen molar-refractivity contribution in [1.82, 2.24) is 4.57 Å². The van der Waals surface area contributed by atoms with E-state index in [0.717, 1.165) is 0 Å². The Morgan fingerprint density at radius 3 is 2.61 bits per heavy atom. The van der Waals surface area contributed by atoms with Crippen LogP contribution < -0.4 is 14.2 Å². The van der Waals surface area contributed by atoms with Gasteiger partial charge in [-0.2, -0.15) is 0 Å². The Morgan fingerprint density at radius 1 is 1.03 bits per heavy atom. The van der Waals surface area contributed by atoms with Gasteiger partial charge in [-0.05, 0) is 35.9 Å². The van der Waals surface area contributed by atoms with Crippen LogP contribution in [0.3, 0.4) is 0 Å². The van der Waals surface area contributed by atoms with Crippen molar-refractivity contribution in [2.75, 3.05) is 13.4 Å². The van der Waals surface area contributed by atoms with Gasteiger partial charge >= 0.3 is 0 Å². The molecule has 1 aromatic heterocycles. The number of hydrogen-bond acceptors (Lipinski definition) is 7. The summed E-state index contributed by atoms with van der Waals surface area (Å²) in [5.41, 5.74) is -0.426. The summed E-state index contributed by atoms with van der Waals surface area (Å²) in [7, 11) is 0. The van der Waals surface area contributed by atoms with Gasteiger partial charge in [-0.1, -0.05) is 30.3 Å². The summed E-state index contributed by atoms with van der Waals surface area (Å²) in [6, 6.07) is 16.1. The van der Waals surface area contributed by atoms with Gasteiger partial charge in [0.25, 0.3) is 0 Å². The van der Waals surface area contributed by atoms with E-state index in [1.807, 2.05) is 24.3 Å². The maximum absolute atomic E-state index is 11.6. The fraction of sp³-hybridized carbons (Fsp3) is 0.276. The third-order valence-corrected chi connectivity index (χ3v) is 8.00. The second-order valence-corrected chi connectivity index (χ2v) is 10.0. The Bertz CT molecular complexity index is 1670. The van der Waals surface area contributed by atoms with Crippen molar-refractivity contribution in [3.8, 4) is 34.7 Å². The molecule has 3 N–H and O–H groups in total. The third kappa shape index (κ3) is 2.93. The number of ether oxygens (including phenoxy) is 4. The van der Waals surface area contributed by atoms with E-state index in [4.69, 9.17) is 25.5 Å². The number of nitrogens with zero attached hydrogens (tertiary/aromatic N) is 2. The van der Waals surface area contributed by atoms with E-state index in [9.17, 15) is 15.3 Å². The number of aliphatic hydroxyl groups excluding tert-OH is 1. The zero-order chi connectivity index (χ0) is 26.2. The van der Waals surface area contributed by atoms with Gasteiger partial charge in [0.1, 0.15) is 17.0 Å². The summed E-state index contributed by atoms with van der Waals surface area (Å²) in [6.45, 7) is 9.64. The van der Waals surface area contributed by atoms with E-state index in [0.29, 0.717) is 56.9 Å². The van der Waals surface area contributed by atoms with Crippen molar-refractivity contribution < 1.29 is 34.3 Å². The molecule has 2 unspecified atom stereocenters. The molecule has 0 saturated carbocycles. The van der Waals surface area contributed by atoms with Crippen molar-refractivity contribution in [2.45, 2.75) is 37.1 Å². The second kappa shape index (κ2) is 7.81. The van der Waals surface area contributed by atoms with Gasteiger partial charge < -0.3 is 34.3 Å². The van der Waals surface area contributed by atoms with Crippen LogP contribution in [0.5, 0.6) is 29.0 Å². The maximum atomic E-state index is 11.6. The molecule has 9 nitrogen and oxygen atoms in total. The standard InChI is InChI=1S/C29H24N2O7/c1-28-23(32)14-29(38-28,11-12-35-16-7-10-21-22(13-16)37-15-36-21)25-24(28)26(33)31(27(25)34)20-9-8-19(30-2)17-5-3-4-6-18(17)20/h3-10,13,23,32-34H,11-12,14-15H2,1H3/t23-,28?,29?/m1/s1. The first kappa shape index (κ1) is 22.8. The van der Waals surface area contributed by atoms with Crippen molar-refractivity contribution in [2.24, 2.45) is 0 Å². The predicted octanol–water partition coefficient (Wildman–Crippen LogP) is 5.00. The molecule has 38 heavy (non-hydrogen) atoms. The molecule has 1 fully saturated rings. The Balaban J connectivity index is 1.29. The summed E-state index contributed by atoms with van der Waals surface area (Å²) < 4.78 is 24.6. The first-order chi connectivity index (χ1) is 18.4. The highest BCUT2D eigenvalue weighted by atomic mass is 16.7. The lowest BCUT2D eigenvalue weighted by Crippen LogP contribution is -2.33. The minimum Gasteiger partial charge on any atom is -0.494 e. The molecule has 7 rings (SSSR count). The van der Waals surface area contributed by atoms with E-state index in [2.05, 4.69) is 4.85 Å². The molecule has 0 radical (unpaired) electrons. The molecule has 0 aliphatic carbocycles. The zero-order valence-corrected chi connectivity index (χ0v) is 20.5. The Labute approximate surface area is 217 Å². The Morgan fingerprint density at radius 2 is 1.79 bits per heavy atom. The summed E-state index contributed by atoms with van der Waals surface area (Å²) in [5, 5.41) is 35.5. The summed E-state index contributed by atoms with van der Waals surface area (Å²) in [6.07, 6.45) is -0.312. The van der Waals surface area contributed by atoms with Crippen LogP contribution in [-0.4, -0.2) is 39.4 Å². The molecule has 0 spiro atoms. The summed E-state index contributed by atoms with van der Waals surface area (Å²) in [4.78, 5) is 3.61. The molecular weight excluding hydrogens is 488 g/mol. The van der Waals surface area contributed by atoms with Gasteiger partial charge in [0, 0.05) is 18.9 Å². The predicted molar refractivity (Wildman–Crippen MR) is 136 cm³/mol. The van der Waals surface area contributed by atoms with Crippen molar-refractivity contribution in [1.29, 1.82) is 0 Å². The highest BCUT2D eigenvalue weighted by Crippen LogP contribution is 2.65. The van der Waals surface area contributed by atoms with E-state index in [-0.39, 0.29) is 31.6 Å². The zero-order valence-electron chi connectivity index (χ0n) is 20.5. The van der Waals surface area contributed by atoms with Gasteiger partial charge in [0.15, 0.2) is 17.2 Å². The van der Waals surface area contributed by atoms with Gasteiger partial charge in [-0.3, -0.25) is 4.57 Å². The molecule has 1 saturated heterocycles. The SMILES string of the molecule is [C-]#[N+]c1ccc(-n2c(O)c3c(c2O)C2(C)OC3(CCOc3ccc4c(c3)OCO4)C[C@H]2O)c2ccccc12. The van der Waals surface area contributed by atoms with Crippen LogP contribution in [0.4, 0.5) is 5.69 Å². The number of aromatic nitrogens is 1. The number of hydrogen-bond donors (Lipinski definition) is 3. The quantitative estimate of drug-likeness (QED) is 0.323. The molecule has 3 aliphatic rings. The average Bonchev–Trinajstić information content (AvgIpc) is 3.62. The van der Waals surface area contributed by atoms with Crippen LogP contribution >= 0.6 is 0 Å². The number of aromatic hydroxyl groups is 2. The maximum Gasteiger partial charge on any atom is 0.231 e. The first-order valence-corrected chi connectivity index (χ1v) is 12.3. The fourth-order valence-electron chi connectivity index (χ4n) is 6.21. The van der Waals surface area contributed by atoms with Crippen LogP contribution in [0.15, 0.2) is 54.6 Å². The molecule has 3 atom stereocenters. The van der Waals surface area contributed by atoms with Gasteiger partial charge in [-0.15, -0.1) is 0 Å². The van der Waals surface area contributed by atoms with E-state index < -0.39 is 17.3 Å². The van der Waals surface area contributed by atoms with Crippen molar-refractivity contribution >= 4 is 16.5 Å². The van der Waals surface area contributed by atoms with Crippen LogP contribution in [0, 0.1) is 6.57 Å². The molecule has 3 aliphatic heterocycles. The molecule has 9 heteroatoms. The van der Waals surface area contributed by atoms with Gasteiger partial charge in [0.2, 0.25) is 18.6 Å². The molecule has 2 bridgehead atoms. The lowest BCUT2D eigenvalue weighted by atomic mass is 9.76. The van der Waals surface area contributed by atoms with Gasteiger partial charge in [-0.25, -0.2) is 4.85 Å². The van der Waals surface area contributed by atoms with E-state index in [1.54, 1.807) is 37.3 Å². The monoisotopic (exact) mass is 512 g/mol. The van der Waals surface area contributed by atoms with E-state index in [1.165, 1.54) is 4.57 Å². The highest BCUT2D eigenvalue weighted by Gasteiger charge is 2.66. The van der Waals surface area contributed by atoms with Crippen molar-refractivity contribution in [3.05, 3.63) is 77.1 Å². The number of rotatable bonds is 5. The largest absolute Gasteiger partial charge is 0.494 e. The minimum absolute atomic E-state index is 0.156. The number of aliphatic hydroxyl groups is 1. The normalized spacial score (nSPS) is 24.5. The second-order valence-electron chi connectivity index (χ2n) is 10.0.